The molecule has 150 valence electrons. The van der Waals surface area contributed by atoms with Crippen LogP contribution in [0.1, 0.15) is 37.7 Å². The van der Waals surface area contributed by atoms with Crippen LogP contribution in [-0.2, 0) is 14.9 Å². The van der Waals surface area contributed by atoms with E-state index in [4.69, 9.17) is 9.47 Å². The van der Waals surface area contributed by atoms with Crippen molar-refractivity contribution in [3.63, 3.8) is 0 Å². The van der Waals surface area contributed by atoms with Crippen LogP contribution in [0, 0.1) is 11.7 Å². The Hall–Kier alpha value is -1.66. The van der Waals surface area contributed by atoms with E-state index in [0.29, 0.717) is 19.8 Å². The number of halogens is 1. The van der Waals surface area contributed by atoms with Gasteiger partial charge in [0.15, 0.2) is 5.96 Å². The molecule has 0 spiro atoms. The lowest BCUT2D eigenvalue weighted by molar-refractivity contribution is 0.0512. The van der Waals surface area contributed by atoms with Crippen LogP contribution in [0.4, 0.5) is 4.39 Å². The van der Waals surface area contributed by atoms with E-state index >= 15 is 0 Å². The molecule has 1 saturated heterocycles. The number of benzene rings is 1. The summed E-state index contributed by atoms with van der Waals surface area (Å²) in [5, 5.41) is 6.78. The van der Waals surface area contributed by atoms with Gasteiger partial charge in [-0.15, -0.1) is 0 Å². The maximum atomic E-state index is 13.8. The molecule has 1 heterocycles. The van der Waals surface area contributed by atoms with Crippen molar-refractivity contribution in [3.8, 4) is 0 Å². The van der Waals surface area contributed by atoms with Gasteiger partial charge in [-0.1, -0.05) is 12.1 Å². The Morgan fingerprint density at radius 1 is 1.30 bits per heavy atom. The second-order valence-corrected chi connectivity index (χ2v) is 7.63. The van der Waals surface area contributed by atoms with E-state index in [2.05, 4.69) is 15.6 Å². The molecule has 0 atom stereocenters. The maximum Gasteiger partial charge on any atom is 0.191 e. The molecule has 0 aromatic heterocycles. The zero-order chi connectivity index (χ0) is 19.0. The highest BCUT2D eigenvalue weighted by Gasteiger charge is 2.34. The third-order valence-electron chi connectivity index (χ3n) is 5.51. The maximum absolute atomic E-state index is 13.8. The fraction of sp³-hybridized carbons (Fsp3) is 0.667. The van der Waals surface area contributed by atoms with Crippen LogP contribution in [-0.4, -0.2) is 52.5 Å². The molecule has 2 aliphatic rings. The number of nitrogens with zero attached hydrogens (tertiary/aromatic N) is 1. The third-order valence-corrected chi connectivity index (χ3v) is 5.51. The van der Waals surface area contributed by atoms with Gasteiger partial charge < -0.3 is 20.1 Å². The van der Waals surface area contributed by atoms with Gasteiger partial charge >= 0.3 is 0 Å². The minimum absolute atomic E-state index is 0.134. The first-order valence-corrected chi connectivity index (χ1v) is 10.1. The highest BCUT2D eigenvalue weighted by Crippen LogP contribution is 2.34. The summed E-state index contributed by atoms with van der Waals surface area (Å²) in [7, 11) is 1.78. The van der Waals surface area contributed by atoms with Crippen molar-refractivity contribution >= 4 is 5.96 Å². The van der Waals surface area contributed by atoms with Crippen LogP contribution in [0.5, 0.6) is 0 Å². The number of rotatable bonds is 9. The van der Waals surface area contributed by atoms with E-state index in [-0.39, 0.29) is 11.2 Å². The van der Waals surface area contributed by atoms with Crippen molar-refractivity contribution in [1.82, 2.24) is 10.6 Å². The first kappa shape index (κ1) is 20.1. The summed E-state index contributed by atoms with van der Waals surface area (Å²) in [4.78, 5) is 4.32. The monoisotopic (exact) mass is 377 g/mol. The smallest absolute Gasteiger partial charge is 0.191 e. The van der Waals surface area contributed by atoms with Crippen molar-refractivity contribution in [2.24, 2.45) is 10.9 Å². The average molecular weight is 378 g/mol. The van der Waals surface area contributed by atoms with E-state index in [1.807, 2.05) is 6.07 Å². The fourth-order valence-corrected chi connectivity index (χ4v) is 3.54. The van der Waals surface area contributed by atoms with Crippen molar-refractivity contribution in [1.29, 1.82) is 0 Å². The molecule has 0 unspecified atom stereocenters. The molecule has 1 aromatic carbocycles. The Kier molecular flexibility index (Phi) is 7.47. The lowest BCUT2D eigenvalue weighted by Crippen LogP contribution is -2.48. The first-order chi connectivity index (χ1) is 13.2. The quantitative estimate of drug-likeness (QED) is 0.395. The van der Waals surface area contributed by atoms with E-state index in [9.17, 15) is 4.39 Å². The van der Waals surface area contributed by atoms with Crippen molar-refractivity contribution < 1.29 is 13.9 Å². The summed E-state index contributed by atoms with van der Waals surface area (Å²) in [6, 6.07) is 6.95. The number of aliphatic imine (C=N–C) groups is 1. The molecule has 2 fully saturated rings. The highest BCUT2D eigenvalue weighted by molar-refractivity contribution is 5.79. The van der Waals surface area contributed by atoms with Crippen LogP contribution in [0.25, 0.3) is 0 Å². The Bertz CT molecular complexity index is 613. The molecular formula is C21H32FN3O2. The Morgan fingerprint density at radius 3 is 2.81 bits per heavy atom. The molecule has 0 amide bonds. The minimum Gasteiger partial charge on any atom is -0.381 e. The second kappa shape index (κ2) is 10.0. The van der Waals surface area contributed by atoms with Gasteiger partial charge in [0, 0.05) is 52.0 Å². The number of hydrogen-bond donors (Lipinski definition) is 2. The van der Waals surface area contributed by atoms with Gasteiger partial charge in [-0.2, -0.15) is 0 Å². The fourth-order valence-electron chi connectivity index (χ4n) is 3.54. The Balaban J connectivity index is 1.47. The predicted molar refractivity (Wildman–Crippen MR) is 106 cm³/mol. The summed E-state index contributed by atoms with van der Waals surface area (Å²) in [5.41, 5.74) is 0.896. The predicted octanol–water partition coefficient (Wildman–Crippen LogP) is 2.86. The van der Waals surface area contributed by atoms with E-state index in [1.54, 1.807) is 19.2 Å². The van der Waals surface area contributed by atoms with Gasteiger partial charge in [0.2, 0.25) is 0 Å². The molecule has 1 aliphatic carbocycles. The first-order valence-electron chi connectivity index (χ1n) is 10.1. The van der Waals surface area contributed by atoms with Gasteiger partial charge in [-0.05, 0) is 55.7 Å². The van der Waals surface area contributed by atoms with E-state index in [1.165, 1.54) is 18.9 Å². The van der Waals surface area contributed by atoms with Crippen LogP contribution in [0.3, 0.4) is 0 Å². The number of ether oxygens (including phenoxy) is 2. The summed E-state index contributed by atoms with van der Waals surface area (Å²) in [6.07, 6.45) is 5.35. The van der Waals surface area contributed by atoms with Crippen molar-refractivity contribution in [2.75, 3.05) is 46.6 Å². The lowest BCUT2D eigenvalue weighted by atomic mass is 9.74. The summed E-state index contributed by atoms with van der Waals surface area (Å²) in [6.45, 7) is 4.61. The molecule has 3 rings (SSSR count). The molecule has 0 bridgehead atoms. The number of guanidine groups is 1. The second-order valence-electron chi connectivity index (χ2n) is 7.63. The zero-order valence-electron chi connectivity index (χ0n) is 16.3. The SMILES string of the molecule is CN=C(NCCCOCC1CC1)NCC1(c2cccc(F)c2)CCOCC1. The molecule has 27 heavy (non-hydrogen) atoms. The molecule has 6 heteroatoms. The topological polar surface area (TPSA) is 54.9 Å². The van der Waals surface area contributed by atoms with Gasteiger partial charge in [0.05, 0.1) is 0 Å². The summed E-state index contributed by atoms with van der Waals surface area (Å²) >= 11 is 0. The highest BCUT2D eigenvalue weighted by atomic mass is 19.1. The van der Waals surface area contributed by atoms with Gasteiger partial charge in [0.1, 0.15) is 5.82 Å². The van der Waals surface area contributed by atoms with Gasteiger partial charge in [-0.3, -0.25) is 4.99 Å². The summed E-state index contributed by atoms with van der Waals surface area (Å²) < 4.78 is 25.0. The molecule has 1 saturated carbocycles. The van der Waals surface area contributed by atoms with Crippen LogP contribution >= 0.6 is 0 Å². The molecule has 2 N–H and O–H groups in total. The molecule has 5 nitrogen and oxygen atoms in total. The Morgan fingerprint density at radius 2 is 2.11 bits per heavy atom. The van der Waals surface area contributed by atoms with Crippen molar-refractivity contribution in [3.05, 3.63) is 35.6 Å². The van der Waals surface area contributed by atoms with E-state index < -0.39 is 0 Å². The minimum atomic E-state index is -0.188. The number of hydrogen-bond acceptors (Lipinski definition) is 3. The molecule has 1 aliphatic heterocycles. The zero-order valence-corrected chi connectivity index (χ0v) is 16.3. The standard InChI is InChI=1S/C21H32FN3O2/c1-23-20(24-10-3-11-27-15-17-6-7-17)25-16-21(8-12-26-13-9-21)18-4-2-5-19(22)14-18/h2,4-5,14,17H,3,6-13,15-16H2,1H3,(H2,23,24,25). The summed E-state index contributed by atoms with van der Waals surface area (Å²) in [5.74, 6) is 1.40. The van der Waals surface area contributed by atoms with Crippen molar-refractivity contribution in [2.45, 2.75) is 37.5 Å². The largest absolute Gasteiger partial charge is 0.381 e. The van der Waals surface area contributed by atoms with Crippen LogP contribution < -0.4 is 10.6 Å². The van der Waals surface area contributed by atoms with Gasteiger partial charge in [0.25, 0.3) is 0 Å². The van der Waals surface area contributed by atoms with Gasteiger partial charge in [-0.25, -0.2) is 4.39 Å². The van der Waals surface area contributed by atoms with E-state index in [0.717, 1.165) is 56.5 Å². The lowest BCUT2D eigenvalue weighted by Gasteiger charge is -2.38. The molecule has 1 aromatic rings. The van der Waals surface area contributed by atoms with Crippen LogP contribution in [0.2, 0.25) is 0 Å². The van der Waals surface area contributed by atoms with Crippen LogP contribution in [0.15, 0.2) is 29.3 Å². The average Bonchev–Trinajstić information content (AvgIpc) is 3.52. The third kappa shape index (κ3) is 6.18. The number of nitrogens with one attached hydrogen (secondary N) is 2. The molecule has 0 radical (unpaired) electrons. The molecular weight excluding hydrogens is 345 g/mol. The Labute approximate surface area is 161 Å². The normalized spacial score (nSPS) is 19.7.